The summed E-state index contributed by atoms with van der Waals surface area (Å²) in [6.07, 6.45) is 3.44. The first-order valence-corrected chi connectivity index (χ1v) is 10.0. The zero-order chi connectivity index (χ0) is 21.0. The Bertz CT molecular complexity index is 950. The van der Waals surface area contributed by atoms with Gasteiger partial charge < -0.3 is 19.2 Å². The van der Waals surface area contributed by atoms with Gasteiger partial charge in [0.1, 0.15) is 11.3 Å². The third kappa shape index (κ3) is 5.37. The molecule has 1 aliphatic carbocycles. The number of fused-ring (bicyclic) bond motifs is 1. The smallest absolute Gasteiger partial charge is 0.344 e. The number of nitrogens with one attached hydrogen (secondary N) is 1. The maximum Gasteiger partial charge on any atom is 0.344 e. The summed E-state index contributed by atoms with van der Waals surface area (Å²) in [4.78, 5) is 35.9. The number of carbonyl (C=O) groups excluding carboxylic acids is 2. The summed E-state index contributed by atoms with van der Waals surface area (Å²) in [5.41, 5.74) is 0.739. The first-order chi connectivity index (χ1) is 13.8. The standard InChI is InChI=1S/C22H27NO6/c1-13-6-4-5-7-18(13)23-22(26)15(3)28-21(25)12-27-16-8-9-17-14(2)10-20(24)29-19(17)11-16/h8-11,13,15,18H,4-7,12H2,1-3H3,(H,23,26)/t13-,15-,18-/m0/s1. The number of amides is 1. The van der Waals surface area contributed by atoms with Crippen molar-refractivity contribution in [2.24, 2.45) is 5.92 Å². The molecule has 1 amide bonds. The second-order valence-corrected chi connectivity index (χ2v) is 7.70. The van der Waals surface area contributed by atoms with Crippen LogP contribution in [0.5, 0.6) is 5.75 Å². The minimum absolute atomic E-state index is 0.129. The van der Waals surface area contributed by atoms with E-state index in [1.54, 1.807) is 25.1 Å². The monoisotopic (exact) mass is 401 g/mol. The van der Waals surface area contributed by atoms with Crippen LogP contribution >= 0.6 is 0 Å². The second-order valence-electron chi connectivity index (χ2n) is 7.70. The lowest BCUT2D eigenvalue weighted by Crippen LogP contribution is -2.46. The number of carbonyl (C=O) groups is 2. The summed E-state index contributed by atoms with van der Waals surface area (Å²) < 4.78 is 15.8. The largest absolute Gasteiger partial charge is 0.482 e. The fourth-order valence-corrected chi connectivity index (χ4v) is 3.65. The highest BCUT2D eigenvalue weighted by molar-refractivity contribution is 5.84. The molecule has 0 aliphatic heterocycles. The minimum Gasteiger partial charge on any atom is -0.482 e. The predicted molar refractivity (Wildman–Crippen MR) is 108 cm³/mol. The fourth-order valence-electron chi connectivity index (χ4n) is 3.65. The van der Waals surface area contributed by atoms with E-state index < -0.39 is 17.7 Å². The van der Waals surface area contributed by atoms with Crippen LogP contribution in [0.4, 0.5) is 0 Å². The average Bonchev–Trinajstić information content (AvgIpc) is 2.67. The number of benzene rings is 1. The summed E-state index contributed by atoms with van der Waals surface area (Å²) in [6, 6.07) is 6.54. The van der Waals surface area contributed by atoms with Gasteiger partial charge >= 0.3 is 11.6 Å². The summed E-state index contributed by atoms with van der Waals surface area (Å²) in [5.74, 6) is -0.137. The van der Waals surface area contributed by atoms with Crippen molar-refractivity contribution in [1.82, 2.24) is 5.32 Å². The molecule has 0 spiro atoms. The van der Waals surface area contributed by atoms with E-state index in [9.17, 15) is 14.4 Å². The lowest BCUT2D eigenvalue weighted by molar-refractivity contribution is -0.157. The molecular weight excluding hydrogens is 374 g/mol. The van der Waals surface area contributed by atoms with E-state index >= 15 is 0 Å². The van der Waals surface area contributed by atoms with Crippen molar-refractivity contribution in [3.63, 3.8) is 0 Å². The molecule has 3 atom stereocenters. The lowest BCUT2D eigenvalue weighted by Gasteiger charge is -2.30. The number of aryl methyl sites for hydroxylation is 1. The van der Waals surface area contributed by atoms with Gasteiger partial charge in [-0.2, -0.15) is 0 Å². The van der Waals surface area contributed by atoms with Gasteiger partial charge in [0.15, 0.2) is 12.7 Å². The molecule has 1 heterocycles. The van der Waals surface area contributed by atoms with E-state index in [1.807, 2.05) is 6.92 Å². The van der Waals surface area contributed by atoms with Gasteiger partial charge in [-0.05, 0) is 50.3 Å². The van der Waals surface area contributed by atoms with Crippen LogP contribution in [0.3, 0.4) is 0 Å². The number of hydrogen-bond donors (Lipinski definition) is 1. The fraction of sp³-hybridized carbons (Fsp3) is 0.500. The van der Waals surface area contributed by atoms with Crippen LogP contribution in [0.15, 0.2) is 33.5 Å². The van der Waals surface area contributed by atoms with E-state index in [4.69, 9.17) is 13.9 Å². The molecule has 1 saturated carbocycles. The first-order valence-electron chi connectivity index (χ1n) is 10.0. The van der Waals surface area contributed by atoms with Gasteiger partial charge in [0.25, 0.3) is 5.91 Å². The molecule has 0 bridgehead atoms. The number of rotatable bonds is 6. The molecule has 2 aromatic rings. The van der Waals surface area contributed by atoms with Crippen LogP contribution < -0.4 is 15.7 Å². The Kier molecular flexibility index (Phi) is 6.56. The van der Waals surface area contributed by atoms with Crippen molar-refractivity contribution in [2.45, 2.75) is 58.6 Å². The number of ether oxygens (including phenoxy) is 2. The molecule has 7 heteroatoms. The first kappa shape index (κ1) is 20.9. The number of esters is 1. The summed E-state index contributed by atoms with van der Waals surface area (Å²) >= 11 is 0. The third-order valence-corrected chi connectivity index (χ3v) is 5.40. The van der Waals surface area contributed by atoms with Crippen LogP contribution in [0, 0.1) is 12.8 Å². The Hall–Kier alpha value is -2.83. The Morgan fingerprint density at radius 1 is 1.24 bits per heavy atom. The van der Waals surface area contributed by atoms with Crippen molar-refractivity contribution >= 4 is 22.8 Å². The molecule has 1 aromatic heterocycles. The van der Waals surface area contributed by atoms with Crippen molar-refractivity contribution in [2.75, 3.05) is 6.61 Å². The van der Waals surface area contributed by atoms with Crippen molar-refractivity contribution in [3.8, 4) is 5.75 Å². The highest BCUT2D eigenvalue weighted by Crippen LogP contribution is 2.24. The van der Waals surface area contributed by atoms with Gasteiger partial charge in [0.05, 0.1) is 0 Å². The number of hydrogen-bond acceptors (Lipinski definition) is 6. The van der Waals surface area contributed by atoms with Crippen molar-refractivity contribution < 1.29 is 23.5 Å². The topological polar surface area (TPSA) is 94.8 Å². The zero-order valence-electron chi connectivity index (χ0n) is 17.0. The summed E-state index contributed by atoms with van der Waals surface area (Å²) in [7, 11) is 0. The quantitative estimate of drug-likeness (QED) is 0.590. The van der Waals surface area contributed by atoms with Crippen molar-refractivity contribution in [1.29, 1.82) is 0 Å². The van der Waals surface area contributed by atoms with E-state index in [-0.39, 0.29) is 18.6 Å². The van der Waals surface area contributed by atoms with Crippen LogP contribution in [0.25, 0.3) is 11.0 Å². The average molecular weight is 401 g/mol. The molecule has 0 saturated heterocycles. The molecule has 1 aliphatic rings. The van der Waals surface area contributed by atoms with Crippen LogP contribution in [0.2, 0.25) is 0 Å². The van der Waals surface area contributed by atoms with Gasteiger partial charge in [0, 0.05) is 23.6 Å². The van der Waals surface area contributed by atoms with Gasteiger partial charge in [-0.25, -0.2) is 9.59 Å². The van der Waals surface area contributed by atoms with Gasteiger partial charge in [0.2, 0.25) is 0 Å². The molecular formula is C22H27NO6. The normalized spacial score (nSPS) is 20.1. The van der Waals surface area contributed by atoms with E-state index in [0.717, 1.165) is 30.2 Å². The summed E-state index contributed by atoms with van der Waals surface area (Å²) in [5, 5.41) is 3.77. The van der Waals surface area contributed by atoms with Crippen LogP contribution in [0.1, 0.15) is 45.1 Å². The molecule has 0 unspecified atom stereocenters. The minimum atomic E-state index is -0.891. The second kappa shape index (κ2) is 9.11. The van der Waals surface area contributed by atoms with E-state index in [2.05, 4.69) is 12.2 Å². The third-order valence-electron chi connectivity index (χ3n) is 5.40. The molecule has 0 radical (unpaired) electrons. The Balaban J connectivity index is 1.52. The van der Waals surface area contributed by atoms with Crippen molar-refractivity contribution in [3.05, 3.63) is 40.2 Å². The van der Waals surface area contributed by atoms with Gasteiger partial charge in [-0.3, -0.25) is 4.79 Å². The highest BCUT2D eigenvalue weighted by atomic mass is 16.6. The predicted octanol–water partition coefficient (Wildman–Crippen LogP) is 3.11. The Morgan fingerprint density at radius 3 is 2.76 bits per heavy atom. The molecule has 1 N–H and O–H groups in total. The zero-order valence-corrected chi connectivity index (χ0v) is 17.0. The molecule has 1 fully saturated rings. The molecule has 156 valence electrons. The van der Waals surface area contributed by atoms with E-state index in [1.165, 1.54) is 12.5 Å². The highest BCUT2D eigenvalue weighted by Gasteiger charge is 2.26. The Morgan fingerprint density at radius 2 is 2.00 bits per heavy atom. The SMILES string of the molecule is Cc1cc(=O)oc2cc(OCC(=O)O[C@@H](C)C(=O)N[C@H]3CCCC[C@@H]3C)ccc12. The molecule has 29 heavy (non-hydrogen) atoms. The maximum atomic E-state index is 12.3. The lowest BCUT2D eigenvalue weighted by atomic mass is 9.86. The molecule has 3 rings (SSSR count). The molecule has 1 aromatic carbocycles. The van der Waals surface area contributed by atoms with Gasteiger partial charge in [-0.15, -0.1) is 0 Å². The summed E-state index contributed by atoms with van der Waals surface area (Å²) in [6.45, 7) is 5.15. The molecule has 7 nitrogen and oxygen atoms in total. The van der Waals surface area contributed by atoms with E-state index in [0.29, 0.717) is 17.3 Å². The van der Waals surface area contributed by atoms with Crippen LogP contribution in [-0.4, -0.2) is 30.6 Å². The van der Waals surface area contributed by atoms with Crippen LogP contribution in [-0.2, 0) is 14.3 Å². The Labute approximate surface area is 169 Å². The van der Waals surface area contributed by atoms with Gasteiger partial charge in [-0.1, -0.05) is 19.8 Å². The maximum absolute atomic E-state index is 12.3.